The molecular weight excluding hydrogens is 292 g/mol. The summed E-state index contributed by atoms with van der Waals surface area (Å²) in [5.41, 5.74) is 1.25. The lowest BCUT2D eigenvalue weighted by Crippen LogP contribution is -2.32. The van der Waals surface area contributed by atoms with E-state index in [4.69, 9.17) is 4.42 Å². The second kappa shape index (κ2) is 6.81. The molecule has 122 valence electrons. The molecule has 1 saturated heterocycles. The van der Waals surface area contributed by atoms with Gasteiger partial charge < -0.3 is 14.2 Å². The van der Waals surface area contributed by atoms with E-state index in [9.17, 15) is 4.79 Å². The maximum absolute atomic E-state index is 12.6. The van der Waals surface area contributed by atoms with Crippen LogP contribution in [0, 0.1) is 6.92 Å². The van der Waals surface area contributed by atoms with Crippen molar-refractivity contribution in [1.29, 1.82) is 0 Å². The molecule has 0 bridgehead atoms. The van der Waals surface area contributed by atoms with Crippen molar-refractivity contribution in [2.24, 2.45) is 0 Å². The average Bonchev–Trinajstić information content (AvgIpc) is 3.07. The highest BCUT2D eigenvalue weighted by molar-refractivity contribution is 5.92. The van der Waals surface area contributed by atoms with Crippen LogP contribution in [0.2, 0.25) is 0 Å². The number of aryl methyl sites for hydroxylation is 1. The van der Waals surface area contributed by atoms with Crippen LogP contribution in [0.5, 0.6) is 0 Å². The maximum Gasteiger partial charge on any atom is 0.272 e. The van der Waals surface area contributed by atoms with Gasteiger partial charge in [-0.05, 0) is 44.4 Å². The van der Waals surface area contributed by atoms with Gasteiger partial charge in [-0.15, -0.1) is 0 Å². The maximum atomic E-state index is 12.6. The summed E-state index contributed by atoms with van der Waals surface area (Å²) in [4.78, 5) is 25.4. The molecule has 1 aliphatic heterocycles. The summed E-state index contributed by atoms with van der Waals surface area (Å²) in [7, 11) is 1.75. The van der Waals surface area contributed by atoms with Crippen LogP contribution in [0.4, 0.5) is 5.95 Å². The molecule has 0 aromatic carbocycles. The quantitative estimate of drug-likeness (QED) is 0.868. The van der Waals surface area contributed by atoms with Crippen molar-refractivity contribution in [2.45, 2.75) is 32.7 Å². The molecule has 0 unspecified atom stereocenters. The zero-order valence-corrected chi connectivity index (χ0v) is 13.7. The highest BCUT2D eigenvalue weighted by atomic mass is 16.3. The number of hydrogen-bond donors (Lipinski definition) is 0. The van der Waals surface area contributed by atoms with Gasteiger partial charge in [-0.3, -0.25) is 4.79 Å². The third-order valence-electron chi connectivity index (χ3n) is 4.02. The Hall–Kier alpha value is -2.37. The molecule has 0 spiro atoms. The van der Waals surface area contributed by atoms with Gasteiger partial charge in [0, 0.05) is 25.8 Å². The fourth-order valence-electron chi connectivity index (χ4n) is 2.80. The Morgan fingerprint density at radius 2 is 2.09 bits per heavy atom. The predicted molar refractivity (Wildman–Crippen MR) is 87.3 cm³/mol. The minimum Gasteiger partial charge on any atom is -0.467 e. The van der Waals surface area contributed by atoms with Crippen molar-refractivity contribution in [3.05, 3.63) is 41.6 Å². The molecule has 6 nitrogen and oxygen atoms in total. The van der Waals surface area contributed by atoms with Crippen LogP contribution in [0.1, 0.15) is 41.2 Å². The third kappa shape index (κ3) is 3.70. The molecule has 0 saturated carbocycles. The van der Waals surface area contributed by atoms with Gasteiger partial charge in [0.15, 0.2) is 0 Å². The minimum atomic E-state index is -0.120. The van der Waals surface area contributed by atoms with E-state index < -0.39 is 0 Å². The van der Waals surface area contributed by atoms with Gasteiger partial charge in [0.05, 0.1) is 12.8 Å². The van der Waals surface area contributed by atoms with Gasteiger partial charge in [0.2, 0.25) is 5.95 Å². The van der Waals surface area contributed by atoms with E-state index in [1.807, 2.05) is 19.1 Å². The molecule has 1 fully saturated rings. The standard InChI is InChI=1S/C17H22N4O2/c1-13-11-15(16(22)20(2)12-14-7-6-10-23-14)19-17(18-13)21-8-4-3-5-9-21/h6-7,10-11H,3-5,8-9,12H2,1-2H3. The van der Waals surface area contributed by atoms with Gasteiger partial charge in [-0.25, -0.2) is 9.97 Å². The first-order valence-corrected chi connectivity index (χ1v) is 8.02. The van der Waals surface area contributed by atoms with E-state index in [-0.39, 0.29) is 5.91 Å². The van der Waals surface area contributed by atoms with Gasteiger partial charge in [0.25, 0.3) is 5.91 Å². The van der Waals surface area contributed by atoms with Gasteiger partial charge in [0.1, 0.15) is 11.5 Å². The second-order valence-corrected chi connectivity index (χ2v) is 5.98. The Morgan fingerprint density at radius 3 is 2.78 bits per heavy atom. The molecular formula is C17H22N4O2. The fraction of sp³-hybridized carbons (Fsp3) is 0.471. The molecule has 0 radical (unpaired) electrons. The van der Waals surface area contributed by atoms with Gasteiger partial charge >= 0.3 is 0 Å². The third-order valence-corrected chi connectivity index (χ3v) is 4.02. The van der Waals surface area contributed by atoms with E-state index in [2.05, 4.69) is 14.9 Å². The Morgan fingerprint density at radius 1 is 1.30 bits per heavy atom. The first kappa shape index (κ1) is 15.5. The average molecular weight is 314 g/mol. The molecule has 1 amide bonds. The van der Waals surface area contributed by atoms with Crippen LogP contribution in [0.3, 0.4) is 0 Å². The van der Waals surface area contributed by atoms with Crippen molar-refractivity contribution in [1.82, 2.24) is 14.9 Å². The van der Waals surface area contributed by atoms with E-state index >= 15 is 0 Å². The van der Waals surface area contributed by atoms with Crippen LogP contribution in [-0.2, 0) is 6.54 Å². The summed E-state index contributed by atoms with van der Waals surface area (Å²) in [5.74, 6) is 1.30. The number of hydrogen-bond acceptors (Lipinski definition) is 5. The number of carbonyl (C=O) groups excluding carboxylic acids is 1. The van der Waals surface area contributed by atoms with Crippen molar-refractivity contribution in [2.75, 3.05) is 25.0 Å². The summed E-state index contributed by atoms with van der Waals surface area (Å²) >= 11 is 0. The van der Waals surface area contributed by atoms with Crippen LogP contribution in [-0.4, -0.2) is 40.9 Å². The highest BCUT2D eigenvalue weighted by Gasteiger charge is 2.19. The molecule has 1 aliphatic rings. The zero-order valence-electron chi connectivity index (χ0n) is 13.7. The molecule has 3 heterocycles. The van der Waals surface area contributed by atoms with Gasteiger partial charge in [-0.2, -0.15) is 0 Å². The first-order chi connectivity index (χ1) is 11.1. The van der Waals surface area contributed by atoms with Crippen LogP contribution >= 0.6 is 0 Å². The zero-order chi connectivity index (χ0) is 16.2. The summed E-state index contributed by atoms with van der Waals surface area (Å²) in [6.07, 6.45) is 5.16. The molecule has 23 heavy (non-hydrogen) atoms. The number of furan rings is 1. The monoisotopic (exact) mass is 314 g/mol. The molecule has 0 aliphatic carbocycles. The lowest BCUT2D eigenvalue weighted by atomic mass is 10.1. The number of aromatic nitrogens is 2. The Labute approximate surface area is 136 Å². The fourth-order valence-corrected chi connectivity index (χ4v) is 2.80. The number of anilines is 1. The van der Waals surface area contributed by atoms with Gasteiger partial charge in [-0.1, -0.05) is 0 Å². The Kier molecular flexibility index (Phi) is 4.60. The number of nitrogens with zero attached hydrogens (tertiary/aromatic N) is 4. The molecule has 2 aromatic rings. The van der Waals surface area contributed by atoms with Crippen LogP contribution in [0.15, 0.2) is 28.9 Å². The highest BCUT2D eigenvalue weighted by Crippen LogP contribution is 2.17. The van der Waals surface area contributed by atoms with Crippen molar-refractivity contribution >= 4 is 11.9 Å². The lowest BCUT2D eigenvalue weighted by Gasteiger charge is -2.27. The van der Waals surface area contributed by atoms with E-state index in [1.54, 1.807) is 24.3 Å². The molecule has 0 atom stereocenters. The molecule has 3 rings (SSSR count). The largest absolute Gasteiger partial charge is 0.467 e. The predicted octanol–water partition coefficient (Wildman–Crippen LogP) is 2.64. The summed E-state index contributed by atoms with van der Waals surface area (Å²) in [6.45, 7) is 4.24. The lowest BCUT2D eigenvalue weighted by molar-refractivity contribution is 0.0769. The topological polar surface area (TPSA) is 62.5 Å². The molecule has 6 heteroatoms. The van der Waals surface area contributed by atoms with E-state index in [1.165, 1.54) is 6.42 Å². The summed E-state index contributed by atoms with van der Waals surface area (Å²) in [6, 6.07) is 5.42. The second-order valence-electron chi connectivity index (χ2n) is 5.98. The summed E-state index contributed by atoms with van der Waals surface area (Å²) < 4.78 is 5.30. The van der Waals surface area contributed by atoms with Crippen molar-refractivity contribution in [3.8, 4) is 0 Å². The number of carbonyl (C=O) groups is 1. The number of amides is 1. The Balaban J connectivity index is 1.78. The molecule has 2 aromatic heterocycles. The van der Waals surface area contributed by atoms with Crippen LogP contribution in [0.25, 0.3) is 0 Å². The normalized spacial score (nSPS) is 14.8. The van der Waals surface area contributed by atoms with Crippen molar-refractivity contribution < 1.29 is 9.21 Å². The number of rotatable bonds is 4. The van der Waals surface area contributed by atoms with E-state index in [0.717, 1.165) is 37.4 Å². The summed E-state index contributed by atoms with van der Waals surface area (Å²) in [5, 5.41) is 0. The molecule has 0 N–H and O–H groups in total. The van der Waals surface area contributed by atoms with E-state index in [0.29, 0.717) is 18.2 Å². The Bertz CT molecular complexity index is 663. The van der Waals surface area contributed by atoms with Crippen molar-refractivity contribution in [3.63, 3.8) is 0 Å². The minimum absolute atomic E-state index is 0.120. The SMILES string of the molecule is Cc1cc(C(=O)N(C)Cc2ccco2)nc(N2CCCCC2)n1. The number of piperidine rings is 1. The smallest absolute Gasteiger partial charge is 0.272 e. The first-order valence-electron chi connectivity index (χ1n) is 8.02. The van der Waals surface area contributed by atoms with Crippen LogP contribution < -0.4 is 4.90 Å².